The summed E-state index contributed by atoms with van der Waals surface area (Å²) in [6.45, 7) is 6.07. The minimum Gasteiger partial charge on any atom is -0.369 e. The number of carbonyl (C=O) groups is 1. The summed E-state index contributed by atoms with van der Waals surface area (Å²) in [7, 11) is 0. The molecule has 170 valence electrons. The average molecular weight is 464 g/mol. The van der Waals surface area contributed by atoms with E-state index in [1.807, 2.05) is 24.0 Å². The van der Waals surface area contributed by atoms with E-state index in [1.165, 1.54) is 11.6 Å². The largest absolute Gasteiger partial charge is 0.369 e. The third kappa shape index (κ3) is 4.46. The molecule has 1 fully saturated rings. The normalized spacial score (nSPS) is 16.2. The first-order chi connectivity index (χ1) is 16.0. The Labute approximate surface area is 196 Å². The van der Waals surface area contributed by atoms with Crippen LogP contribution in [0.4, 0.5) is 17.1 Å². The van der Waals surface area contributed by atoms with Crippen LogP contribution in [0.3, 0.4) is 0 Å². The second kappa shape index (κ2) is 8.92. The Morgan fingerprint density at radius 3 is 2.67 bits per heavy atom. The summed E-state index contributed by atoms with van der Waals surface area (Å²) in [5.74, 6) is 0.120. The molecule has 1 saturated heterocycles. The smallest absolute Gasteiger partial charge is 0.271 e. The van der Waals surface area contributed by atoms with Crippen molar-refractivity contribution in [1.29, 1.82) is 0 Å². The Kier molecular flexibility index (Phi) is 5.82. The Morgan fingerprint density at radius 1 is 1.12 bits per heavy atom. The highest BCUT2D eigenvalue weighted by Crippen LogP contribution is 2.33. The molecule has 2 aromatic carbocycles. The van der Waals surface area contributed by atoms with Gasteiger partial charge in [0, 0.05) is 67.2 Å². The topological polar surface area (TPSA) is 82.8 Å². The van der Waals surface area contributed by atoms with Crippen molar-refractivity contribution in [1.82, 2.24) is 9.88 Å². The number of aromatic nitrogens is 1. The number of thiazole rings is 1. The van der Waals surface area contributed by atoms with Crippen molar-refractivity contribution < 1.29 is 9.72 Å². The second-order valence-corrected chi connectivity index (χ2v) is 9.49. The Balaban J connectivity index is 1.20. The molecule has 0 bridgehead atoms. The second-order valence-electron chi connectivity index (χ2n) is 8.43. The molecule has 1 amide bonds. The number of piperazine rings is 1. The van der Waals surface area contributed by atoms with Crippen molar-refractivity contribution in [3.63, 3.8) is 0 Å². The molecule has 0 aliphatic carbocycles. The van der Waals surface area contributed by atoms with Gasteiger partial charge in [-0.05, 0) is 37.1 Å². The lowest BCUT2D eigenvalue weighted by Gasteiger charge is -2.36. The summed E-state index contributed by atoms with van der Waals surface area (Å²) in [4.78, 5) is 34.6. The number of amides is 1. The van der Waals surface area contributed by atoms with E-state index in [2.05, 4.69) is 32.3 Å². The third-order valence-corrected chi connectivity index (χ3v) is 7.10. The molecule has 9 heteroatoms. The molecule has 1 aromatic heterocycles. The first-order valence-corrected chi connectivity index (χ1v) is 11.9. The molecule has 0 N–H and O–H groups in total. The van der Waals surface area contributed by atoms with Crippen LogP contribution in [0.5, 0.6) is 0 Å². The molecule has 3 heterocycles. The number of rotatable bonds is 5. The molecule has 33 heavy (non-hydrogen) atoms. The zero-order chi connectivity index (χ0) is 22.9. The monoisotopic (exact) mass is 463 g/mol. The molecule has 5 rings (SSSR count). The SMILES string of the molecule is Cc1nc(-c2ccc3c(c2)CCN3C(=O)CN2CCN(c3cccc([N+](=O)[O-])c3)CC2)cs1. The predicted molar refractivity (Wildman–Crippen MR) is 130 cm³/mol. The lowest BCUT2D eigenvalue weighted by molar-refractivity contribution is -0.384. The molecule has 0 unspecified atom stereocenters. The highest BCUT2D eigenvalue weighted by Gasteiger charge is 2.28. The fourth-order valence-electron chi connectivity index (χ4n) is 4.56. The molecule has 8 nitrogen and oxygen atoms in total. The minimum absolute atomic E-state index is 0.103. The van der Waals surface area contributed by atoms with Gasteiger partial charge in [0.05, 0.1) is 22.2 Å². The van der Waals surface area contributed by atoms with Gasteiger partial charge in [0.1, 0.15) is 0 Å². The number of anilines is 2. The van der Waals surface area contributed by atoms with Crippen LogP contribution in [0, 0.1) is 17.0 Å². The number of non-ortho nitro benzene ring substituents is 1. The van der Waals surface area contributed by atoms with E-state index in [0.29, 0.717) is 13.1 Å². The van der Waals surface area contributed by atoms with Gasteiger partial charge < -0.3 is 9.80 Å². The van der Waals surface area contributed by atoms with Gasteiger partial charge in [0.2, 0.25) is 5.91 Å². The van der Waals surface area contributed by atoms with Crippen molar-refractivity contribution in [2.75, 3.05) is 49.1 Å². The quantitative estimate of drug-likeness (QED) is 0.424. The van der Waals surface area contributed by atoms with Gasteiger partial charge in [-0.1, -0.05) is 12.1 Å². The highest BCUT2D eigenvalue weighted by atomic mass is 32.1. The molecule has 0 atom stereocenters. The van der Waals surface area contributed by atoms with Crippen molar-refractivity contribution in [3.8, 4) is 11.3 Å². The van der Waals surface area contributed by atoms with Crippen LogP contribution in [-0.4, -0.2) is 60.0 Å². The Hall–Kier alpha value is -3.30. The maximum Gasteiger partial charge on any atom is 0.271 e. The van der Waals surface area contributed by atoms with Crippen LogP contribution in [0.15, 0.2) is 47.8 Å². The lowest BCUT2D eigenvalue weighted by atomic mass is 10.1. The highest BCUT2D eigenvalue weighted by molar-refractivity contribution is 7.09. The first kappa shape index (κ1) is 21.5. The molecule has 0 radical (unpaired) electrons. The van der Waals surface area contributed by atoms with E-state index < -0.39 is 0 Å². The van der Waals surface area contributed by atoms with Crippen LogP contribution in [0.25, 0.3) is 11.3 Å². The van der Waals surface area contributed by atoms with Crippen molar-refractivity contribution in [2.24, 2.45) is 0 Å². The molecule has 0 saturated carbocycles. The summed E-state index contributed by atoms with van der Waals surface area (Å²) in [6, 6.07) is 13.0. The standard InChI is InChI=1S/C24H25N5O3S/c1-17-25-22(16-33-17)18-5-6-23-19(13-18)7-8-28(23)24(30)15-26-9-11-27(12-10-26)20-3-2-4-21(14-20)29(31)32/h2-6,13-14,16H,7-12,15H2,1H3. The number of fused-ring (bicyclic) bond motifs is 1. The number of hydrogen-bond acceptors (Lipinski definition) is 7. The number of aryl methyl sites for hydroxylation is 1. The Morgan fingerprint density at radius 2 is 1.94 bits per heavy atom. The van der Waals surface area contributed by atoms with Crippen molar-refractivity contribution in [3.05, 3.63) is 68.5 Å². The summed E-state index contributed by atoms with van der Waals surface area (Å²) in [5, 5.41) is 14.2. The van der Waals surface area contributed by atoms with E-state index in [0.717, 1.165) is 60.2 Å². The van der Waals surface area contributed by atoms with E-state index in [1.54, 1.807) is 23.5 Å². The minimum atomic E-state index is -0.368. The van der Waals surface area contributed by atoms with Gasteiger partial charge >= 0.3 is 0 Å². The molecule has 2 aliphatic rings. The van der Waals surface area contributed by atoms with Gasteiger partial charge in [0.15, 0.2) is 0 Å². The number of carbonyl (C=O) groups excluding carboxylic acids is 1. The molecule has 0 spiro atoms. The van der Waals surface area contributed by atoms with Crippen LogP contribution in [0.2, 0.25) is 0 Å². The summed E-state index contributed by atoms with van der Waals surface area (Å²) in [5.41, 5.74) is 5.25. The van der Waals surface area contributed by atoms with Crippen molar-refractivity contribution >= 4 is 34.3 Å². The molecule has 2 aliphatic heterocycles. The molecule has 3 aromatic rings. The number of benzene rings is 2. The molecular formula is C24H25N5O3S. The summed E-state index contributed by atoms with van der Waals surface area (Å²) >= 11 is 1.64. The zero-order valence-corrected chi connectivity index (χ0v) is 19.3. The number of nitro groups is 1. The van der Waals surface area contributed by atoms with Crippen molar-refractivity contribution in [2.45, 2.75) is 13.3 Å². The number of hydrogen-bond donors (Lipinski definition) is 0. The van der Waals surface area contributed by atoms with Crippen LogP contribution in [-0.2, 0) is 11.2 Å². The molecular weight excluding hydrogens is 438 g/mol. The Bertz CT molecular complexity index is 1200. The van der Waals surface area contributed by atoms with Gasteiger partial charge in [-0.3, -0.25) is 19.8 Å². The van der Waals surface area contributed by atoms with E-state index in [4.69, 9.17) is 0 Å². The van der Waals surface area contributed by atoms with Gasteiger partial charge in [-0.25, -0.2) is 4.98 Å². The summed E-state index contributed by atoms with van der Waals surface area (Å²) < 4.78 is 0. The fourth-order valence-corrected chi connectivity index (χ4v) is 5.18. The lowest BCUT2D eigenvalue weighted by Crippen LogP contribution is -2.50. The predicted octanol–water partition coefficient (Wildman–Crippen LogP) is 3.74. The number of nitrogens with zero attached hydrogens (tertiary/aromatic N) is 5. The van der Waals surface area contributed by atoms with Crippen LogP contribution < -0.4 is 9.80 Å². The van der Waals surface area contributed by atoms with Gasteiger partial charge in [-0.15, -0.1) is 11.3 Å². The fraction of sp³-hybridized carbons (Fsp3) is 0.333. The van der Waals surface area contributed by atoms with Gasteiger partial charge in [-0.2, -0.15) is 0 Å². The van der Waals surface area contributed by atoms with Gasteiger partial charge in [0.25, 0.3) is 5.69 Å². The van der Waals surface area contributed by atoms with Crippen LogP contribution >= 0.6 is 11.3 Å². The summed E-state index contributed by atoms with van der Waals surface area (Å²) in [6.07, 6.45) is 0.860. The van der Waals surface area contributed by atoms with E-state index in [9.17, 15) is 14.9 Å². The van der Waals surface area contributed by atoms with E-state index >= 15 is 0 Å². The third-order valence-electron chi connectivity index (χ3n) is 6.33. The van der Waals surface area contributed by atoms with E-state index in [-0.39, 0.29) is 16.5 Å². The van der Waals surface area contributed by atoms with Crippen LogP contribution in [0.1, 0.15) is 10.6 Å². The maximum atomic E-state index is 13.1. The zero-order valence-electron chi connectivity index (χ0n) is 18.4. The number of nitro benzene ring substituents is 1. The first-order valence-electron chi connectivity index (χ1n) is 11.1. The average Bonchev–Trinajstić information content (AvgIpc) is 3.45. The maximum absolute atomic E-state index is 13.1.